The summed E-state index contributed by atoms with van der Waals surface area (Å²) >= 11 is 13.5. The molecule has 3 aliphatic heterocycles. The number of nitrogens with zero attached hydrogens (tertiary/aromatic N) is 6. The summed E-state index contributed by atoms with van der Waals surface area (Å²) in [6.07, 6.45) is 5.35. The zero-order valence-electron chi connectivity index (χ0n) is 34.6. The van der Waals surface area contributed by atoms with E-state index in [-0.39, 0.29) is 54.0 Å². The van der Waals surface area contributed by atoms with Gasteiger partial charge in [-0.25, -0.2) is 4.98 Å². The lowest BCUT2D eigenvalue weighted by Crippen LogP contribution is -2.45. The molecule has 8 rings (SSSR count). The average molecular weight is 883 g/mol. The van der Waals surface area contributed by atoms with Gasteiger partial charge in [0.2, 0.25) is 23.5 Å². The zero-order chi connectivity index (χ0) is 43.7. The fourth-order valence-corrected chi connectivity index (χ4v) is 8.96. The number of carboxylic acids is 2. The standard InChI is InChI=1S/C45H45Cl2N7O8/c1-24-27(21-61-42-33(46)17-29(40(51-42)59-3)19-53-15-12-26-11-14-48-36(26)38(53)44(55)56)7-5-9-31(24)32-10-6-8-28(25(32)2)22-62-43-34(47)18-30(41(52-43)60-4)20-54-16-13-35-37(50-23-49-35)39(54)45(57)58/h5-10,14,17-18,23,38-39H,11-13,15-16,19-22H2,1-4H3,(H,49,50)(H,55,56)(H,57,58). The molecule has 0 bridgehead atoms. The van der Waals surface area contributed by atoms with Gasteiger partial charge in [-0.2, -0.15) is 9.97 Å². The number of pyridine rings is 2. The number of carbonyl (C=O) groups is 2. The number of hydrogen-bond acceptors (Lipinski definition) is 12. The number of aromatic amines is 1. The van der Waals surface area contributed by atoms with Crippen molar-refractivity contribution in [2.45, 2.75) is 71.5 Å². The van der Waals surface area contributed by atoms with E-state index in [0.29, 0.717) is 54.3 Å². The Morgan fingerprint density at radius 3 is 1.82 bits per heavy atom. The summed E-state index contributed by atoms with van der Waals surface area (Å²) in [7, 11) is 3.01. The highest BCUT2D eigenvalue weighted by molar-refractivity contribution is 6.32. The molecule has 322 valence electrons. The predicted molar refractivity (Wildman–Crippen MR) is 231 cm³/mol. The van der Waals surface area contributed by atoms with Crippen LogP contribution in [-0.4, -0.2) is 91.5 Å². The Bertz CT molecular complexity index is 2610. The largest absolute Gasteiger partial charge is 0.481 e. The number of fused-ring (bicyclic) bond motifs is 1. The number of methoxy groups -OCH3 is 2. The van der Waals surface area contributed by atoms with Crippen molar-refractivity contribution in [2.24, 2.45) is 4.99 Å². The van der Waals surface area contributed by atoms with Crippen LogP contribution in [0.5, 0.6) is 23.5 Å². The SMILES string of the molecule is COc1nc(OCc2cccc(-c3cccc(COc4nc(OC)c(CN5CCc6[nH]cnc6C5C(=O)O)cc4Cl)c3C)c2C)c(Cl)cc1CN1CCC2=C(N=CC2)C1C(=O)O. The lowest BCUT2D eigenvalue weighted by molar-refractivity contribution is -0.144. The number of aliphatic carboxylic acids is 2. The number of ether oxygens (including phenoxy) is 4. The molecule has 3 aromatic heterocycles. The number of halogens is 2. The number of hydrogen-bond donors (Lipinski definition) is 3. The highest BCUT2D eigenvalue weighted by atomic mass is 35.5. The molecule has 0 aliphatic carbocycles. The zero-order valence-corrected chi connectivity index (χ0v) is 36.1. The van der Waals surface area contributed by atoms with Gasteiger partial charge in [-0.3, -0.25) is 24.4 Å². The molecule has 2 aromatic carbocycles. The molecule has 0 saturated heterocycles. The van der Waals surface area contributed by atoms with Gasteiger partial charge >= 0.3 is 11.9 Å². The van der Waals surface area contributed by atoms with Crippen LogP contribution in [0, 0.1) is 13.8 Å². The van der Waals surface area contributed by atoms with Crippen LogP contribution in [0.25, 0.3) is 11.1 Å². The van der Waals surface area contributed by atoms with E-state index in [1.165, 1.54) is 20.5 Å². The molecule has 62 heavy (non-hydrogen) atoms. The van der Waals surface area contributed by atoms with E-state index in [0.717, 1.165) is 51.1 Å². The van der Waals surface area contributed by atoms with E-state index < -0.39 is 24.0 Å². The first-order chi connectivity index (χ1) is 29.9. The maximum atomic E-state index is 12.3. The third-order valence-corrected chi connectivity index (χ3v) is 12.3. The van der Waals surface area contributed by atoms with Gasteiger partial charge in [-0.1, -0.05) is 59.6 Å². The van der Waals surface area contributed by atoms with Gasteiger partial charge in [0, 0.05) is 62.1 Å². The minimum atomic E-state index is -0.991. The number of imidazole rings is 1. The molecule has 3 aliphatic rings. The van der Waals surface area contributed by atoms with Crippen LogP contribution in [0.15, 0.2) is 71.1 Å². The predicted octanol–water partition coefficient (Wildman–Crippen LogP) is 7.54. The molecule has 2 atom stereocenters. The molecular formula is C45H45Cl2N7O8. The molecule has 15 nitrogen and oxygen atoms in total. The first-order valence-corrected chi connectivity index (χ1v) is 20.8. The van der Waals surface area contributed by atoms with Crippen molar-refractivity contribution in [3.8, 4) is 34.6 Å². The highest BCUT2D eigenvalue weighted by Crippen LogP contribution is 2.38. The lowest BCUT2D eigenvalue weighted by atomic mass is 9.92. The number of aliphatic imine (C=N–C) groups is 1. The summed E-state index contributed by atoms with van der Waals surface area (Å²) in [6.45, 7) is 5.99. The van der Waals surface area contributed by atoms with Gasteiger partial charge < -0.3 is 34.1 Å². The summed E-state index contributed by atoms with van der Waals surface area (Å²) < 4.78 is 23.7. The van der Waals surface area contributed by atoms with Crippen molar-refractivity contribution in [3.63, 3.8) is 0 Å². The number of benzene rings is 2. The Morgan fingerprint density at radius 2 is 1.29 bits per heavy atom. The second-order valence-electron chi connectivity index (χ2n) is 15.3. The van der Waals surface area contributed by atoms with Crippen LogP contribution in [0.4, 0.5) is 0 Å². The monoisotopic (exact) mass is 881 g/mol. The molecule has 0 saturated carbocycles. The van der Waals surface area contributed by atoms with E-state index >= 15 is 0 Å². The highest BCUT2D eigenvalue weighted by Gasteiger charge is 2.38. The van der Waals surface area contributed by atoms with Crippen LogP contribution >= 0.6 is 23.2 Å². The smallest absolute Gasteiger partial charge is 0.327 e. The van der Waals surface area contributed by atoms with Gasteiger partial charge in [-0.15, -0.1) is 0 Å². The number of carboxylic acid groups (broad SMARTS) is 2. The van der Waals surface area contributed by atoms with Crippen molar-refractivity contribution in [1.29, 1.82) is 0 Å². The average Bonchev–Trinajstić information content (AvgIpc) is 3.94. The molecule has 0 radical (unpaired) electrons. The Hall–Kier alpha value is -6.00. The Balaban J connectivity index is 0.950. The van der Waals surface area contributed by atoms with Crippen molar-refractivity contribution in [3.05, 3.63) is 121 Å². The first-order valence-electron chi connectivity index (χ1n) is 20.1. The van der Waals surface area contributed by atoms with E-state index in [2.05, 4.69) is 37.1 Å². The topological polar surface area (TPSA) is 185 Å². The molecule has 0 fully saturated rings. The van der Waals surface area contributed by atoms with Crippen molar-refractivity contribution in [1.82, 2.24) is 29.7 Å². The summed E-state index contributed by atoms with van der Waals surface area (Å²) in [4.78, 5) is 49.1. The maximum absolute atomic E-state index is 12.3. The molecule has 3 N–H and O–H groups in total. The Labute approximate surface area is 368 Å². The third kappa shape index (κ3) is 8.45. The van der Waals surface area contributed by atoms with Crippen molar-refractivity contribution in [2.75, 3.05) is 27.3 Å². The van der Waals surface area contributed by atoms with E-state index in [1.54, 1.807) is 18.3 Å². The van der Waals surface area contributed by atoms with Gasteiger partial charge in [-0.05, 0) is 71.4 Å². The number of rotatable bonds is 15. The molecule has 2 unspecified atom stereocenters. The summed E-state index contributed by atoms with van der Waals surface area (Å²) in [6, 6.07) is 13.7. The number of H-pyrrole nitrogens is 1. The van der Waals surface area contributed by atoms with Crippen molar-refractivity contribution < 1.29 is 38.7 Å². The fourth-order valence-electron chi connectivity index (χ4n) is 8.50. The van der Waals surface area contributed by atoms with Crippen LogP contribution in [0.2, 0.25) is 10.0 Å². The normalized spacial score (nSPS) is 17.5. The van der Waals surface area contributed by atoms with Gasteiger partial charge in [0.15, 0.2) is 12.1 Å². The van der Waals surface area contributed by atoms with E-state index in [4.69, 9.17) is 42.1 Å². The molecular weight excluding hydrogens is 837 g/mol. The molecule has 5 aromatic rings. The van der Waals surface area contributed by atoms with Gasteiger partial charge in [0.25, 0.3) is 0 Å². The number of aromatic nitrogens is 4. The van der Waals surface area contributed by atoms with Crippen LogP contribution in [0.3, 0.4) is 0 Å². The van der Waals surface area contributed by atoms with Crippen molar-refractivity contribution >= 4 is 41.4 Å². The fraction of sp³-hybridized carbons (Fsp3) is 0.333. The summed E-state index contributed by atoms with van der Waals surface area (Å²) in [5.74, 6) is -0.963. The summed E-state index contributed by atoms with van der Waals surface area (Å²) in [5, 5.41) is 20.7. The Morgan fingerprint density at radius 1 is 0.758 bits per heavy atom. The van der Waals surface area contributed by atoms with Gasteiger partial charge in [0.05, 0.1) is 31.9 Å². The quantitative estimate of drug-likeness (QED) is 0.0938. The third-order valence-electron chi connectivity index (χ3n) is 11.8. The van der Waals surface area contributed by atoms with Gasteiger partial charge in [0.1, 0.15) is 23.3 Å². The van der Waals surface area contributed by atoms with Crippen LogP contribution in [-0.2, 0) is 42.3 Å². The lowest BCUT2D eigenvalue weighted by Gasteiger charge is -2.33. The molecule has 6 heterocycles. The maximum Gasteiger partial charge on any atom is 0.327 e. The minimum absolute atomic E-state index is 0.176. The Kier molecular flexibility index (Phi) is 12.5. The molecule has 0 amide bonds. The van der Waals surface area contributed by atoms with E-state index in [9.17, 15) is 19.8 Å². The molecule has 17 heteroatoms. The molecule has 0 spiro atoms. The second-order valence-corrected chi connectivity index (χ2v) is 16.2. The minimum Gasteiger partial charge on any atom is -0.481 e. The van der Waals surface area contributed by atoms with Crippen LogP contribution in [0.1, 0.15) is 63.7 Å². The summed E-state index contributed by atoms with van der Waals surface area (Å²) in [5.41, 5.74) is 10.2. The number of nitrogens with one attached hydrogen (secondary N) is 1. The van der Waals surface area contributed by atoms with Crippen LogP contribution < -0.4 is 18.9 Å². The second kappa shape index (κ2) is 18.2. The first kappa shape index (κ1) is 42.7. The van der Waals surface area contributed by atoms with E-state index in [1.807, 2.05) is 47.9 Å².